The first-order valence-corrected chi connectivity index (χ1v) is 8.65. The predicted octanol–water partition coefficient (Wildman–Crippen LogP) is 2.98. The Labute approximate surface area is 158 Å². The van der Waals surface area contributed by atoms with Crippen LogP contribution in [0.1, 0.15) is 35.9 Å². The lowest BCUT2D eigenvalue weighted by Crippen LogP contribution is -2.35. The monoisotopic (exact) mass is 372 g/mol. The molecular weight excluding hydrogens is 348 g/mol. The number of carbonyl (C=O) groups excluding carboxylic acids is 2. The minimum absolute atomic E-state index is 0.0980. The molecule has 2 rings (SSSR count). The molecule has 0 aliphatic carbocycles. The van der Waals surface area contributed by atoms with E-state index in [-0.39, 0.29) is 11.6 Å². The van der Waals surface area contributed by atoms with Gasteiger partial charge in [-0.25, -0.2) is 0 Å². The van der Waals surface area contributed by atoms with Gasteiger partial charge in [0, 0.05) is 18.2 Å². The van der Waals surface area contributed by atoms with Gasteiger partial charge in [-0.2, -0.15) is 0 Å². The van der Waals surface area contributed by atoms with Gasteiger partial charge in [0.2, 0.25) is 0 Å². The molecule has 7 nitrogen and oxygen atoms in total. The quantitative estimate of drug-likeness (QED) is 0.522. The first kappa shape index (κ1) is 20.1. The fourth-order valence-corrected chi connectivity index (χ4v) is 2.32. The lowest BCUT2D eigenvalue weighted by molar-refractivity contribution is -0.117. The molecular formula is C20H24N2O5. The Morgan fingerprint density at radius 2 is 1.93 bits per heavy atom. The van der Waals surface area contributed by atoms with Gasteiger partial charge in [-0.05, 0) is 36.8 Å². The fraction of sp³-hybridized carbons (Fsp3) is 0.300. The highest BCUT2D eigenvalue weighted by Gasteiger charge is 2.16. The number of methoxy groups -OCH3 is 2. The van der Waals surface area contributed by atoms with Crippen LogP contribution in [-0.4, -0.2) is 32.6 Å². The number of hydrogen-bond acceptors (Lipinski definition) is 5. The maximum atomic E-state index is 12.6. The van der Waals surface area contributed by atoms with Crippen LogP contribution >= 0.6 is 0 Å². The summed E-state index contributed by atoms with van der Waals surface area (Å²) >= 11 is 0. The molecule has 7 heteroatoms. The van der Waals surface area contributed by atoms with Crippen molar-refractivity contribution >= 4 is 17.9 Å². The molecule has 2 N–H and O–H groups in total. The van der Waals surface area contributed by atoms with E-state index in [9.17, 15) is 9.59 Å². The standard InChI is InChI=1S/C20H24N2O5/c1-4-5-10-21-20(24)16(13-15-7-6-11-27-15)22-19(23)14-8-9-17(25-2)18(12-14)26-3/h6-9,11-13H,4-5,10H2,1-3H3,(H,21,24)(H,22,23)/b16-13-. The van der Waals surface area contributed by atoms with Crippen molar-refractivity contribution < 1.29 is 23.5 Å². The van der Waals surface area contributed by atoms with Crippen molar-refractivity contribution in [3.05, 3.63) is 53.6 Å². The summed E-state index contributed by atoms with van der Waals surface area (Å²) in [5.41, 5.74) is 0.431. The maximum absolute atomic E-state index is 12.6. The van der Waals surface area contributed by atoms with Crippen LogP contribution < -0.4 is 20.1 Å². The van der Waals surface area contributed by atoms with Crippen LogP contribution in [0.5, 0.6) is 11.5 Å². The van der Waals surface area contributed by atoms with Crippen molar-refractivity contribution in [2.45, 2.75) is 19.8 Å². The predicted molar refractivity (Wildman–Crippen MR) is 102 cm³/mol. The molecule has 0 fully saturated rings. The lowest BCUT2D eigenvalue weighted by Gasteiger charge is -2.12. The number of rotatable bonds is 9. The topological polar surface area (TPSA) is 89.8 Å². The zero-order valence-electron chi connectivity index (χ0n) is 15.7. The third-order valence-electron chi connectivity index (χ3n) is 3.78. The van der Waals surface area contributed by atoms with E-state index in [1.165, 1.54) is 26.6 Å². The molecule has 0 atom stereocenters. The molecule has 0 spiro atoms. The molecule has 1 aromatic heterocycles. The second-order valence-corrected chi connectivity index (χ2v) is 5.71. The van der Waals surface area contributed by atoms with Gasteiger partial charge in [0.1, 0.15) is 11.5 Å². The highest BCUT2D eigenvalue weighted by molar-refractivity contribution is 6.05. The molecule has 0 aliphatic rings. The number of benzene rings is 1. The highest BCUT2D eigenvalue weighted by Crippen LogP contribution is 2.27. The summed E-state index contributed by atoms with van der Waals surface area (Å²) in [5, 5.41) is 5.43. The summed E-state index contributed by atoms with van der Waals surface area (Å²) < 4.78 is 15.6. The molecule has 2 aromatic rings. The first-order chi connectivity index (χ1) is 13.1. The molecule has 0 unspecified atom stereocenters. The van der Waals surface area contributed by atoms with Crippen LogP contribution in [0.2, 0.25) is 0 Å². The van der Waals surface area contributed by atoms with E-state index in [1.807, 2.05) is 6.92 Å². The Hall–Kier alpha value is -3.22. The Bertz CT molecular complexity index is 797. The van der Waals surface area contributed by atoms with Crippen LogP contribution in [0, 0.1) is 0 Å². The molecule has 144 valence electrons. The van der Waals surface area contributed by atoms with Crippen molar-refractivity contribution in [1.82, 2.24) is 10.6 Å². The minimum atomic E-state index is -0.445. The molecule has 0 saturated carbocycles. The Balaban J connectivity index is 2.21. The van der Waals surface area contributed by atoms with Crippen LogP contribution in [0.3, 0.4) is 0 Å². The summed E-state index contributed by atoms with van der Waals surface area (Å²) in [7, 11) is 3.01. The first-order valence-electron chi connectivity index (χ1n) is 8.65. The van der Waals surface area contributed by atoms with Crippen molar-refractivity contribution in [3.63, 3.8) is 0 Å². The second kappa shape index (κ2) is 10.1. The summed E-state index contributed by atoms with van der Waals surface area (Å²) in [6.07, 6.45) is 4.79. The third-order valence-corrected chi connectivity index (χ3v) is 3.78. The van der Waals surface area contributed by atoms with Gasteiger partial charge in [0.15, 0.2) is 11.5 Å². The summed E-state index contributed by atoms with van der Waals surface area (Å²) in [5.74, 6) is 0.572. The van der Waals surface area contributed by atoms with E-state index in [1.54, 1.807) is 30.3 Å². The van der Waals surface area contributed by atoms with Crippen LogP contribution in [-0.2, 0) is 4.79 Å². The average Bonchev–Trinajstić information content (AvgIpc) is 3.20. The van der Waals surface area contributed by atoms with Crippen molar-refractivity contribution in [3.8, 4) is 11.5 Å². The zero-order chi connectivity index (χ0) is 19.6. The van der Waals surface area contributed by atoms with E-state index in [2.05, 4.69) is 10.6 Å². The van der Waals surface area contributed by atoms with Gasteiger partial charge < -0.3 is 24.5 Å². The third kappa shape index (κ3) is 5.64. The van der Waals surface area contributed by atoms with Gasteiger partial charge in [-0.15, -0.1) is 0 Å². The Morgan fingerprint density at radius 3 is 2.56 bits per heavy atom. The van der Waals surface area contributed by atoms with Gasteiger partial charge in [-0.1, -0.05) is 13.3 Å². The number of furan rings is 1. The molecule has 0 bridgehead atoms. The Morgan fingerprint density at radius 1 is 1.15 bits per heavy atom. The van der Waals surface area contributed by atoms with Crippen molar-refractivity contribution in [2.75, 3.05) is 20.8 Å². The molecule has 0 saturated heterocycles. The number of ether oxygens (including phenoxy) is 2. The molecule has 0 aliphatic heterocycles. The summed E-state index contributed by atoms with van der Waals surface area (Å²) in [6.45, 7) is 2.56. The zero-order valence-corrected chi connectivity index (χ0v) is 15.7. The van der Waals surface area contributed by atoms with Gasteiger partial charge in [-0.3, -0.25) is 9.59 Å². The summed E-state index contributed by atoms with van der Waals surface area (Å²) in [4.78, 5) is 25.1. The van der Waals surface area contributed by atoms with Crippen LogP contribution in [0.25, 0.3) is 6.08 Å². The maximum Gasteiger partial charge on any atom is 0.267 e. The number of unbranched alkanes of at least 4 members (excludes halogenated alkanes) is 1. The number of amides is 2. The van der Waals surface area contributed by atoms with E-state index in [0.29, 0.717) is 29.4 Å². The SMILES string of the molecule is CCCCNC(=O)/C(=C/c1ccco1)NC(=O)c1ccc(OC)c(OC)c1. The average molecular weight is 372 g/mol. The highest BCUT2D eigenvalue weighted by atomic mass is 16.5. The van der Waals surface area contributed by atoms with E-state index >= 15 is 0 Å². The smallest absolute Gasteiger partial charge is 0.267 e. The largest absolute Gasteiger partial charge is 0.493 e. The molecule has 1 heterocycles. The number of hydrogen-bond donors (Lipinski definition) is 2. The summed E-state index contributed by atoms with van der Waals surface area (Å²) in [6, 6.07) is 8.17. The molecule has 27 heavy (non-hydrogen) atoms. The second-order valence-electron chi connectivity index (χ2n) is 5.71. The molecule has 2 amide bonds. The van der Waals surface area contributed by atoms with Gasteiger partial charge >= 0.3 is 0 Å². The van der Waals surface area contributed by atoms with Gasteiger partial charge in [0.05, 0.1) is 20.5 Å². The molecule has 0 radical (unpaired) electrons. The molecule has 1 aromatic carbocycles. The van der Waals surface area contributed by atoms with Crippen molar-refractivity contribution in [1.29, 1.82) is 0 Å². The fourth-order valence-electron chi connectivity index (χ4n) is 2.32. The number of nitrogens with one attached hydrogen (secondary N) is 2. The van der Waals surface area contributed by atoms with Crippen LogP contribution in [0.4, 0.5) is 0 Å². The normalized spacial score (nSPS) is 11.0. The van der Waals surface area contributed by atoms with E-state index < -0.39 is 5.91 Å². The van der Waals surface area contributed by atoms with Gasteiger partial charge in [0.25, 0.3) is 11.8 Å². The van der Waals surface area contributed by atoms with E-state index in [0.717, 1.165) is 12.8 Å². The number of carbonyl (C=O) groups is 2. The van der Waals surface area contributed by atoms with E-state index in [4.69, 9.17) is 13.9 Å². The Kier molecular flexibility index (Phi) is 7.49. The lowest BCUT2D eigenvalue weighted by atomic mass is 10.1. The van der Waals surface area contributed by atoms with Crippen LogP contribution in [0.15, 0.2) is 46.7 Å². The minimum Gasteiger partial charge on any atom is -0.493 e. The van der Waals surface area contributed by atoms with Crippen molar-refractivity contribution in [2.24, 2.45) is 0 Å².